The molecule has 0 radical (unpaired) electrons. The van der Waals surface area contributed by atoms with E-state index in [2.05, 4.69) is 4.74 Å². The van der Waals surface area contributed by atoms with Crippen molar-refractivity contribution in [2.45, 2.75) is 32.7 Å². The lowest BCUT2D eigenvalue weighted by Gasteiger charge is -2.21. The molecule has 1 aliphatic rings. The first kappa shape index (κ1) is 11.7. The Hall–Kier alpha value is -1.39. The van der Waals surface area contributed by atoms with Gasteiger partial charge >= 0.3 is 11.9 Å². The first-order valence-electron chi connectivity index (χ1n) is 5.06. The van der Waals surface area contributed by atoms with E-state index in [0.717, 1.165) is 6.42 Å². The molecule has 1 atom stereocenters. The van der Waals surface area contributed by atoms with Crippen LogP contribution < -0.4 is 0 Å². The molecule has 1 aliphatic heterocycles. The van der Waals surface area contributed by atoms with E-state index in [1.165, 1.54) is 11.8 Å². The van der Waals surface area contributed by atoms with Gasteiger partial charge in [-0.15, -0.1) is 0 Å². The molecule has 1 heterocycles. The number of esters is 1. The fourth-order valence-corrected chi connectivity index (χ4v) is 1.74. The minimum absolute atomic E-state index is 0.0786. The van der Waals surface area contributed by atoms with Crippen LogP contribution in [0.25, 0.3) is 0 Å². The number of ether oxygens (including phenoxy) is 1. The van der Waals surface area contributed by atoms with Gasteiger partial charge in [-0.1, -0.05) is 0 Å². The number of nitrogens with zero attached hydrogens (tertiary/aromatic N) is 1. The molecule has 5 heteroatoms. The number of rotatable bonds is 2. The molecule has 1 rings (SSSR count). The molecule has 0 spiro atoms. The summed E-state index contributed by atoms with van der Waals surface area (Å²) in [7, 11) is 0. The quantitative estimate of drug-likeness (QED) is 0.483. The Morgan fingerprint density at radius 3 is 2.60 bits per heavy atom. The van der Waals surface area contributed by atoms with E-state index < -0.39 is 17.9 Å². The van der Waals surface area contributed by atoms with Crippen molar-refractivity contribution in [3.05, 3.63) is 0 Å². The molecule has 15 heavy (non-hydrogen) atoms. The smallest absolute Gasteiger partial charge is 0.397 e. The normalized spacial score (nSPS) is 20.1. The van der Waals surface area contributed by atoms with Crippen molar-refractivity contribution < 1.29 is 19.1 Å². The van der Waals surface area contributed by atoms with Crippen molar-refractivity contribution >= 4 is 17.7 Å². The van der Waals surface area contributed by atoms with Crippen molar-refractivity contribution in [2.24, 2.45) is 0 Å². The molecule has 0 bridgehead atoms. The highest BCUT2D eigenvalue weighted by atomic mass is 16.5. The second-order valence-electron chi connectivity index (χ2n) is 3.49. The molecule has 0 aromatic heterocycles. The number of Topliss-reactive ketones (excluding diaryl/α,β-unsaturated/α-hetero) is 1. The Balaban J connectivity index is 2.66. The third-order valence-electron chi connectivity index (χ3n) is 2.43. The van der Waals surface area contributed by atoms with E-state index in [4.69, 9.17) is 0 Å². The zero-order chi connectivity index (χ0) is 11.4. The molecule has 0 saturated carbocycles. The molecule has 5 nitrogen and oxygen atoms in total. The summed E-state index contributed by atoms with van der Waals surface area (Å²) in [6, 6.07) is -0.443. The van der Waals surface area contributed by atoms with Gasteiger partial charge in [0.2, 0.25) is 0 Å². The Bertz CT molecular complexity index is 287. The van der Waals surface area contributed by atoms with E-state index in [9.17, 15) is 14.4 Å². The Labute approximate surface area is 88.4 Å². The molecule has 0 unspecified atom stereocenters. The van der Waals surface area contributed by atoms with Crippen molar-refractivity contribution in [2.75, 3.05) is 13.2 Å². The van der Waals surface area contributed by atoms with Gasteiger partial charge in [0.25, 0.3) is 0 Å². The molecular weight excluding hydrogens is 198 g/mol. The SMILES string of the molecule is CCOC(=O)C(=O)N1CCC[C@H]1C(C)=O. The summed E-state index contributed by atoms with van der Waals surface area (Å²) in [6.07, 6.45) is 1.40. The summed E-state index contributed by atoms with van der Waals surface area (Å²) in [4.78, 5) is 35.2. The standard InChI is InChI=1S/C10H15NO4/c1-3-15-10(14)9(13)11-6-4-5-8(11)7(2)12/h8H,3-6H2,1-2H3/t8-/m0/s1. The first-order chi connectivity index (χ1) is 7.07. The predicted octanol–water partition coefficient (Wildman–Crippen LogP) is 0.129. The van der Waals surface area contributed by atoms with Gasteiger partial charge in [-0.2, -0.15) is 0 Å². The zero-order valence-electron chi connectivity index (χ0n) is 8.99. The molecule has 0 N–H and O–H groups in total. The van der Waals surface area contributed by atoms with Crippen LogP contribution in [0, 0.1) is 0 Å². The molecule has 1 fully saturated rings. The maximum absolute atomic E-state index is 11.5. The van der Waals surface area contributed by atoms with Gasteiger partial charge in [0, 0.05) is 6.54 Å². The molecule has 0 aromatic carbocycles. The van der Waals surface area contributed by atoms with Crippen LogP contribution in [0.15, 0.2) is 0 Å². The number of carbonyl (C=O) groups excluding carboxylic acids is 3. The monoisotopic (exact) mass is 213 g/mol. The second-order valence-corrected chi connectivity index (χ2v) is 3.49. The summed E-state index contributed by atoms with van der Waals surface area (Å²) in [5.41, 5.74) is 0. The molecule has 1 saturated heterocycles. The van der Waals surface area contributed by atoms with Crippen LogP contribution in [-0.2, 0) is 19.1 Å². The van der Waals surface area contributed by atoms with Crippen LogP contribution in [0.2, 0.25) is 0 Å². The number of likely N-dealkylation sites (tertiary alicyclic amines) is 1. The summed E-state index contributed by atoms with van der Waals surface area (Å²) < 4.78 is 4.60. The fraction of sp³-hybridized carbons (Fsp3) is 0.700. The lowest BCUT2D eigenvalue weighted by molar-refractivity contribution is -0.160. The fourth-order valence-electron chi connectivity index (χ4n) is 1.74. The third-order valence-corrected chi connectivity index (χ3v) is 2.43. The second kappa shape index (κ2) is 4.91. The lowest BCUT2D eigenvalue weighted by Crippen LogP contribution is -2.43. The van der Waals surface area contributed by atoms with E-state index in [0.29, 0.717) is 13.0 Å². The molecule has 84 valence electrons. The van der Waals surface area contributed by atoms with Crippen molar-refractivity contribution in [3.8, 4) is 0 Å². The highest BCUT2D eigenvalue weighted by Gasteiger charge is 2.35. The van der Waals surface area contributed by atoms with Gasteiger partial charge in [0.05, 0.1) is 12.6 Å². The van der Waals surface area contributed by atoms with Crippen LogP contribution in [-0.4, -0.2) is 41.8 Å². The largest absolute Gasteiger partial charge is 0.459 e. The number of amides is 1. The maximum atomic E-state index is 11.5. The van der Waals surface area contributed by atoms with E-state index >= 15 is 0 Å². The Morgan fingerprint density at radius 2 is 2.07 bits per heavy atom. The Kier molecular flexibility index (Phi) is 3.82. The van der Waals surface area contributed by atoms with E-state index in [1.54, 1.807) is 6.92 Å². The van der Waals surface area contributed by atoms with Gasteiger partial charge < -0.3 is 9.64 Å². The average molecular weight is 213 g/mol. The molecular formula is C10H15NO4. The van der Waals surface area contributed by atoms with Crippen LogP contribution >= 0.6 is 0 Å². The van der Waals surface area contributed by atoms with Gasteiger partial charge in [0.15, 0.2) is 5.78 Å². The van der Waals surface area contributed by atoms with Crippen LogP contribution in [0.5, 0.6) is 0 Å². The van der Waals surface area contributed by atoms with E-state index in [1.807, 2.05) is 0 Å². The molecule has 0 aromatic rings. The average Bonchev–Trinajstić information content (AvgIpc) is 2.65. The van der Waals surface area contributed by atoms with Gasteiger partial charge in [-0.05, 0) is 26.7 Å². The van der Waals surface area contributed by atoms with E-state index in [-0.39, 0.29) is 12.4 Å². The third kappa shape index (κ3) is 2.55. The van der Waals surface area contributed by atoms with Crippen LogP contribution in [0.1, 0.15) is 26.7 Å². The summed E-state index contributed by atoms with van der Waals surface area (Å²) in [6.45, 7) is 3.70. The number of ketones is 1. The van der Waals surface area contributed by atoms with Crippen molar-refractivity contribution in [1.82, 2.24) is 4.90 Å². The summed E-state index contributed by atoms with van der Waals surface area (Å²) in [5.74, 6) is -1.65. The van der Waals surface area contributed by atoms with Crippen LogP contribution in [0.4, 0.5) is 0 Å². The maximum Gasteiger partial charge on any atom is 0.397 e. The minimum Gasteiger partial charge on any atom is -0.459 e. The van der Waals surface area contributed by atoms with Crippen molar-refractivity contribution in [3.63, 3.8) is 0 Å². The number of hydrogen-bond acceptors (Lipinski definition) is 4. The number of hydrogen-bond donors (Lipinski definition) is 0. The van der Waals surface area contributed by atoms with Gasteiger partial charge in [-0.25, -0.2) is 4.79 Å². The first-order valence-corrected chi connectivity index (χ1v) is 5.06. The van der Waals surface area contributed by atoms with Gasteiger partial charge in [-0.3, -0.25) is 9.59 Å². The molecule has 0 aliphatic carbocycles. The highest BCUT2D eigenvalue weighted by molar-refractivity contribution is 6.32. The molecule has 1 amide bonds. The zero-order valence-corrected chi connectivity index (χ0v) is 8.99. The predicted molar refractivity (Wildman–Crippen MR) is 52.0 cm³/mol. The highest BCUT2D eigenvalue weighted by Crippen LogP contribution is 2.18. The van der Waals surface area contributed by atoms with Gasteiger partial charge in [0.1, 0.15) is 0 Å². The minimum atomic E-state index is -0.870. The number of carbonyl (C=O) groups is 3. The Morgan fingerprint density at radius 1 is 1.40 bits per heavy atom. The summed E-state index contributed by atoms with van der Waals surface area (Å²) >= 11 is 0. The van der Waals surface area contributed by atoms with Crippen LogP contribution in [0.3, 0.4) is 0 Å². The van der Waals surface area contributed by atoms with Crippen molar-refractivity contribution in [1.29, 1.82) is 0 Å². The summed E-state index contributed by atoms with van der Waals surface area (Å²) in [5, 5.41) is 0. The lowest BCUT2D eigenvalue weighted by atomic mass is 10.1. The topological polar surface area (TPSA) is 63.7 Å².